The van der Waals surface area contributed by atoms with Crippen molar-refractivity contribution in [3.05, 3.63) is 95.6 Å². The Labute approximate surface area is 212 Å². The molecule has 0 radical (unpaired) electrons. The molecule has 0 saturated carbocycles. The molecule has 0 unspecified atom stereocenters. The number of fused-ring (bicyclic) bond motifs is 5. The molecule has 0 aliphatic rings. The normalized spacial score (nSPS) is 11.9. The molecule has 0 spiro atoms. The van der Waals surface area contributed by atoms with Crippen molar-refractivity contribution in [3.63, 3.8) is 0 Å². The van der Waals surface area contributed by atoms with Crippen molar-refractivity contribution in [2.75, 3.05) is 0 Å². The molecule has 1 heterocycles. The fourth-order valence-electron chi connectivity index (χ4n) is 5.34. The number of hydrogen-bond donors (Lipinski definition) is 0. The Morgan fingerprint density at radius 1 is 0.543 bits per heavy atom. The molecule has 174 valence electrons. The summed E-state index contributed by atoms with van der Waals surface area (Å²) < 4.78 is 2.75. The maximum Gasteiger partial charge on any atom is 0.0361 e. The van der Waals surface area contributed by atoms with Crippen LogP contribution in [0.1, 0.15) is 49.3 Å². The molecule has 1 heteroatoms. The molecular formula is C34H32S. The molecule has 0 N–H and O–H groups in total. The lowest BCUT2D eigenvalue weighted by molar-refractivity contribution is 0.667. The fraction of sp³-hybridized carbons (Fsp3) is 0.235. The highest BCUT2D eigenvalue weighted by Gasteiger charge is 2.10. The maximum atomic E-state index is 2.39. The number of aryl methyl sites for hydroxylation is 3. The van der Waals surface area contributed by atoms with Gasteiger partial charge in [-0.15, -0.1) is 11.3 Å². The van der Waals surface area contributed by atoms with Crippen LogP contribution in [0.25, 0.3) is 52.8 Å². The Hall–Kier alpha value is -3.16. The van der Waals surface area contributed by atoms with Crippen LogP contribution < -0.4 is 0 Å². The maximum absolute atomic E-state index is 2.39. The Morgan fingerprint density at radius 2 is 1.14 bits per heavy atom. The van der Waals surface area contributed by atoms with Gasteiger partial charge in [0.15, 0.2) is 0 Å². The molecule has 1 aromatic heterocycles. The van der Waals surface area contributed by atoms with Gasteiger partial charge in [-0.1, -0.05) is 74.7 Å². The lowest BCUT2D eigenvalue weighted by atomic mass is 9.97. The van der Waals surface area contributed by atoms with E-state index in [0.717, 1.165) is 0 Å². The molecule has 0 saturated heterocycles. The van der Waals surface area contributed by atoms with E-state index in [-0.39, 0.29) is 0 Å². The standard InChI is InChI=1S/C34H32S/c1-4-5-6-7-8-24-9-11-25(12-10-24)26-13-14-27-18-31-32-19-28-15-22(2)23(3)16-29(28)20-33(32)35-34(31)21-30(27)17-26/h9-21H,4-8H2,1-3H3. The third kappa shape index (κ3) is 4.23. The molecule has 0 atom stereocenters. The quantitative estimate of drug-likeness (QED) is 0.211. The van der Waals surface area contributed by atoms with E-state index >= 15 is 0 Å². The Bertz CT molecular complexity index is 1680. The summed E-state index contributed by atoms with van der Waals surface area (Å²) in [5, 5.41) is 8.06. The highest BCUT2D eigenvalue weighted by atomic mass is 32.1. The van der Waals surface area contributed by atoms with Crippen LogP contribution in [-0.2, 0) is 6.42 Å². The van der Waals surface area contributed by atoms with Gasteiger partial charge in [0.1, 0.15) is 0 Å². The molecule has 0 nitrogen and oxygen atoms in total. The van der Waals surface area contributed by atoms with Crippen LogP contribution in [0, 0.1) is 13.8 Å². The Morgan fingerprint density at radius 3 is 1.83 bits per heavy atom. The van der Waals surface area contributed by atoms with Gasteiger partial charge in [-0.05, 0) is 106 Å². The molecule has 35 heavy (non-hydrogen) atoms. The smallest absolute Gasteiger partial charge is 0.0361 e. The zero-order chi connectivity index (χ0) is 23.9. The lowest BCUT2D eigenvalue weighted by Gasteiger charge is -2.07. The van der Waals surface area contributed by atoms with Crippen molar-refractivity contribution in [2.45, 2.75) is 52.9 Å². The number of benzene rings is 5. The van der Waals surface area contributed by atoms with Crippen molar-refractivity contribution in [2.24, 2.45) is 0 Å². The summed E-state index contributed by atoms with van der Waals surface area (Å²) in [4.78, 5) is 0. The summed E-state index contributed by atoms with van der Waals surface area (Å²) in [5.74, 6) is 0. The van der Waals surface area contributed by atoms with E-state index < -0.39 is 0 Å². The molecule has 0 bridgehead atoms. The van der Waals surface area contributed by atoms with Gasteiger partial charge in [0.25, 0.3) is 0 Å². The first kappa shape index (κ1) is 22.3. The van der Waals surface area contributed by atoms with E-state index in [1.165, 1.54) is 102 Å². The average molecular weight is 473 g/mol. The van der Waals surface area contributed by atoms with Crippen molar-refractivity contribution in [1.82, 2.24) is 0 Å². The Balaban J connectivity index is 1.37. The predicted molar refractivity (Wildman–Crippen MR) is 157 cm³/mol. The van der Waals surface area contributed by atoms with E-state index in [4.69, 9.17) is 0 Å². The largest absolute Gasteiger partial charge is 0.135 e. The van der Waals surface area contributed by atoms with Gasteiger partial charge >= 0.3 is 0 Å². The first-order valence-corrected chi connectivity index (χ1v) is 13.8. The Kier molecular flexibility index (Phi) is 5.82. The molecule has 5 aromatic carbocycles. The van der Waals surface area contributed by atoms with Gasteiger partial charge in [-0.25, -0.2) is 0 Å². The van der Waals surface area contributed by atoms with Gasteiger partial charge in [0.2, 0.25) is 0 Å². The highest BCUT2D eigenvalue weighted by molar-refractivity contribution is 7.26. The van der Waals surface area contributed by atoms with E-state index in [0.29, 0.717) is 0 Å². The molecule has 0 aliphatic carbocycles. The molecule has 6 aromatic rings. The minimum absolute atomic E-state index is 1.19. The van der Waals surface area contributed by atoms with Gasteiger partial charge < -0.3 is 0 Å². The van der Waals surface area contributed by atoms with Crippen LogP contribution in [-0.4, -0.2) is 0 Å². The second-order valence-electron chi connectivity index (χ2n) is 10.2. The van der Waals surface area contributed by atoms with Gasteiger partial charge in [0, 0.05) is 20.2 Å². The van der Waals surface area contributed by atoms with Crippen LogP contribution in [0.4, 0.5) is 0 Å². The first-order chi connectivity index (χ1) is 17.1. The van der Waals surface area contributed by atoms with Gasteiger partial charge in [-0.2, -0.15) is 0 Å². The topological polar surface area (TPSA) is 0 Å². The minimum atomic E-state index is 1.19. The van der Waals surface area contributed by atoms with Crippen molar-refractivity contribution >= 4 is 53.1 Å². The second-order valence-corrected chi connectivity index (χ2v) is 11.2. The summed E-state index contributed by atoms with van der Waals surface area (Å²) in [6, 6.07) is 30.4. The summed E-state index contributed by atoms with van der Waals surface area (Å²) >= 11 is 1.92. The lowest BCUT2D eigenvalue weighted by Crippen LogP contribution is -1.86. The minimum Gasteiger partial charge on any atom is -0.135 e. The van der Waals surface area contributed by atoms with E-state index in [9.17, 15) is 0 Å². The number of hydrogen-bond acceptors (Lipinski definition) is 1. The van der Waals surface area contributed by atoms with Crippen LogP contribution in [0.15, 0.2) is 78.9 Å². The summed E-state index contributed by atoms with van der Waals surface area (Å²) in [6.45, 7) is 6.68. The molecule has 0 amide bonds. The number of thiophene rings is 1. The van der Waals surface area contributed by atoms with Crippen molar-refractivity contribution in [3.8, 4) is 11.1 Å². The first-order valence-electron chi connectivity index (χ1n) is 13.0. The second kappa shape index (κ2) is 9.13. The third-order valence-corrected chi connectivity index (χ3v) is 8.72. The van der Waals surface area contributed by atoms with Crippen LogP contribution in [0.2, 0.25) is 0 Å². The number of unbranched alkanes of at least 4 members (excludes halogenated alkanes) is 3. The van der Waals surface area contributed by atoms with E-state index in [2.05, 4.69) is 99.6 Å². The van der Waals surface area contributed by atoms with Crippen LogP contribution in [0.5, 0.6) is 0 Å². The van der Waals surface area contributed by atoms with Crippen molar-refractivity contribution < 1.29 is 0 Å². The highest BCUT2D eigenvalue weighted by Crippen LogP contribution is 2.39. The molecule has 6 rings (SSSR count). The SMILES string of the molecule is CCCCCCc1ccc(-c2ccc3cc4c(cc3c2)sc2cc3cc(C)c(C)cc3cc24)cc1. The number of rotatable bonds is 6. The summed E-state index contributed by atoms with van der Waals surface area (Å²) in [7, 11) is 0. The van der Waals surface area contributed by atoms with E-state index in [1.54, 1.807) is 0 Å². The predicted octanol–water partition coefficient (Wildman–Crippen LogP) is 10.8. The molecular weight excluding hydrogens is 440 g/mol. The molecule has 0 fully saturated rings. The zero-order valence-electron chi connectivity index (χ0n) is 20.9. The van der Waals surface area contributed by atoms with E-state index in [1.807, 2.05) is 11.3 Å². The van der Waals surface area contributed by atoms with Crippen molar-refractivity contribution in [1.29, 1.82) is 0 Å². The van der Waals surface area contributed by atoms with Gasteiger partial charge in [-0.3, -0.25) is 0 Å². The fourth-order valence-corrected chi connectivity index (χ4v) is 6.51. The van der Waals surface area contributed by atoms with Crippen LogP contribution in [0.3, 0.4) is 0 Å². The summed E-state index contributed by atoms with van der Waals surface area (Å²) in [6.07, 6.45) is 6.46. The third-order valence-electron chi connectivity index (χ3n) is 7.61. The molecule has 0 aliphatic heterocycles. The zero-order valence-corrected chi connectivity index (χ0v) is 21.8. The monoisotopic (exact) mass is 472 g/mol. The summed E-state index contributed by atoms with van der Waals surface area (Å²) in [5.41, 5.74) is 6.78. The van der Waals surface area contributed by atoms with Crippen LogP contribution >= 0.6 is 11.3 Å². The van der Waals surface area contributed by atoms with Gasteiger partial charge in [0.05, 0.1) is 0 Å². The average Bonchev–Trinajstić information content (AvgIpc) is 3.20.